The number of nitrogens with one attached hydrogen (secondary N) is 1. The van der Waals surface area contributed by atoms with Crippen LogP contribution in [-0.4, -0.2) is 50.8 Å². The van der Waals surface area contributed by atoms with E-state index in [1.807, 2.05) is 12.1 Å². The molecule has 0 aliphatic carbocycles. The number of rotatable bonds is 9. The molecule has 0 spiro atoms. The Morgan fingerprint density at radius 3 is 2.33 bits per heavy atom. The fraction of sp³-hybridized carbons (Fsp3) is 0.478. The number of nitrogens with zero attached hydrogens (tertiary/aromatic N) is 2. The summed E-state index contributed by atoms with van der Waals surface area (Å²) in [4.78, 5) is 19.3. The van der Waals surface area contributed by atoms with Gasteiger partial charge in [0.1, 0.15) is 0 Å². The highest BCUT2D eigenvalue weighted by atomic mass is 16.5. The van der Waals surface area contributed by atoms with Gasteiger partial charge in [-0.2, -0.15) is 0 Å². The molecule has 1 N–H and O–H groups in total. The maximum absolute atomic E-state index is 12.9. The summed E-state index contributed by atoms with van der Waals surface area (Å²) >= 11 is 0. The second kappa shape index (κ2) is 10.7. The second-order valence-corrected chi connectivity index (χ2v) is 7.35. The van der Waals surface area contributed by atoms with Crippen LogP contribution < -0.4 is 24.4 Å². The smallest absolute Gasteiger partial charge is 0.251 e. The lowest BCUT2D eigenvalue weighted by atomic mass is 10.0. The largest absolute Gasteiger partial charge is 0.493 e. The molecule has 0 bridgehead atoms. The summed E-state index contributed by atoms with van der Waals surface area (Å²) in [6.45, 7) is 4.47. The van der Waals surface area contributed by atoms with E-state index in [0.29, 0.717) is 29.4 Å². The maximum Gasteiger partial charge on any atom is 0.251 e. The molecule has 30 heavy (non-hydrogen) atoms. The summed E-state index contributed by atoms with van der Waals surface area (Å²) in [6, 6.07) is 7.59. The number of benzene rings is 1. The van der Waals surface area contributed by atoms with Gasteiger partial charge in [-0.05, 0) is 43.5 Å². The van der Waals surface area contributed by atoms with E-state index in [1.54, 1.807) is 38.7 Å². The molecule has 1 aromatic heterocycles. The number of unbranched alkanes of at least 4 members (excludes halogenated alkanes) is 1. The molecular weight excluding hydrogens is 382 g/mol. The highest BCUT2D eigenvalue weighted by molar-refractivity contribution is 5.95. The predicted molar refractivity (Wildman–Crippen MR) is 117 cm³/mol. The fourth-order valence-corrected chi connectivity index (χ4v) is 3.58. The third kappa shape index (κ3) is 5.34. The van der Waals surface area contributed by atoms with Crippen molar-refractivity contribution < 1.29 is 19.0 Å². The molecule has 0 unspecified atom stereocenters. The standard InChI is InChI=1S/C23H31N3O4/c1-4-5-14-30-22-20(28-2)15-17(16-21(22)29-3)23(27)25-18-8-12-26(13-9-18)19-6-10-24-11-7-19/h6-7,10-11,15-16,18H,4-5,8-9,12-14H2,1-3H3,(H,25,27). The number of ether oxygens (including phenoxy) is 3. The van der Waals surface area contributed by atoms with Gasteiger partial charge in [0.25, 0.3) is 5.91 Å². The van der Waals surface area contributed by atoms with E-state index in [4.69, 9.17) is 14.2 Å². The first-order chi connectivity index (χ1) is 14.7. The molecule has 1 aliphatic rings. The minimum absolute atomic E-state index is 0.130. The zero-order valence-electron chi connectivity index (χ0n) is 18.0. The summed E-state index contributed by atoms with van der Waals surface area (Å²) in [7, 11) is 3.13. The average molecular weight is 414 g/mol. The number of amides is 1. The molecule has 1 fully saturated rings. The Hall–Kier alpha value is -2.96. The Balaban J connectivity index is 1.64. The number of hydrogen-bond acceptors (Lipinski definition) is 6. The third-order valence-electron chi connectivity index (χ3n) is 5.33. The molecule has 1 saturated heterocycles. The van der Waals surface area contributed by atoms with Gasteiger partial charge in [0.2, 0.25) is 5.75 Å². The van der Waals surface area contributed by atoms with Crippen LogP contribution in [0.25, 0.3) is 0 Å². The zero-order valence-corrected chi connectivity index (χ0v) is 18.0. The molecule has 1 aromatic carbocycles. The number of methoxy groups -OCH3 is 2. The number of anilines is 1. The van der Waals surface area contributed by atoms with Gasteiger partial charge >= 0.3 is 0 Å². The topological polar surface area (TPSA) is 72.9 Å². The fourth-order valence-electron chi connectivity index (χ4n) is 3.58. The normalized spacial score (nSPS) is 14.3. The molecule has 162 valence electrons. The monoisotopic (exact) mass is 413 g/mol. The van der Waals surface area contributed by atoms with Crippen LogP contribution in [0.4, 0.5) is 5.69 Å². The molecule has 1 aliphatic heterocycles. The predicted octanol–water partition coefficient (Wildman–Crippen LogP) is 3.68. The summed E-state index contributed by atoms with van der Waals surface area (Å²) in [5, 5.41) is 3.15. The van der Waals surface area contributed by atoms with E-state index in [0.717, 1.165) is 38.8 Å². The van der Waals surface area contributed by atoms with Gasteiger partial charge in [-0.25, -0.2) is 0 Å². The van der Waals surface area contributed by atoms with Gasteiger partial charge in [-0.3, -0.25) is 9.78 Å². The van der Waals surface area contributed by atoms with Crippen molar-refractivity contribution in [2.75, 3.05) is 38.8 Å². The van der Waals surface area contributed by atoms with Crippen LogP contribution in [0.1, 0.15) is 43.0 Å². The van der Waals surface area contributed by atoms with Crippen molar-refractivity contribution in [1.82, 2.24) is 10.3 Å². The van der Waals surface area contributed by atoms with Crippen LogP contribution in [-0.2, 0) is 0 Å². The first-order valence-electron chi connectivity index (χ1n) is 10.5. The minimum Gasteiger partial charge on any atom is -0.493 e. The minimum atomic E-state index is -0.130. The highest BCUT2D eigenvalue weighted by Crippen LogP contribution is 2.38. The Morgan fingerprint density at radius 2 is 1.77 bits per heavy atom. The van der Waals surface area contributed by atoms with Crippen molar-refractivity contribution in [3.8, 4) is 17.2 Å². The number of piperidine rings is 1. The molecule has 7 nitrogen and oxygen atoms in total. The highest BCUT2D eigenvalue weighted by Gasteiger charge is 2.23. The van der Waals surface area contributed by atoms with Crippen molar-refractivity contribution >= 4 is 11.6 Å². The van der Waals surface area contributed by atoms with E-state index in [2.05, 4.69) is 22.1 Å². The molecule has 0 radical (unpaired) electrons. The molecule has 1 amide bonds. The Kier molecular flexibility index (Phi) is 7.76. The van der Waals surface area contributed by atoms with Crippen LogP contribution in [0.3, 0.4) is 0 Å². The second-order valence-electron chi connectivity index (χ2n) is 7.35. The Bertz CT molecular complexity index is 795. The first-order valence-corrected chi connectivity index (χ1v) is 10.5. The number of hydrogen-bond donors (Lipinski definition) is 1. The van der Waals surface area contributed by atoms with Gasteiger partial charge in [0.05, 0.1) is 20.8 Å². The van der Waals surface area contributed by atoms with Crippen LogP contribution in [0, 0.1) is 0 Å². The van der Waals surface area contributed by atoms with Crippen LogP contribution >= 0.6 is 0 Å². The van der Waals surface area contributed by atoms with Gasteiger partial charge in [-0.15, -0.1) is 0 Å². The molecular formula is C23H31N3O4. The molecule has 3 rings (SSSR count). The molecule has 2 aromatic rings. The van der Waals surface area contributed by atoms with Gasteiger partial charge < -0.3 is 24.4 Å². The summed E-state index contributed by atoms with van der Waals surface area (Å²) < 4.78 is 16.8. The average Bonchev–Trinajstić information content (AvgIpc) is 2.80. The van der Waals surface area contributed by atoms with E-state index < -0.39 is 0 Å². The van der Waals surface area contributed by atoms with E-state index in [-0.39, 0.29) is 11.9 Å². The molecule has 7 heteroatoms. The lowest BCUT2D eigenvalue weighted by Gasteiger charge is -2.33. The summed E-state index contributed by atoms with van der Waals surface area (Å²) in [5.74, 6) is 1.41. The zero-order chi connectivity index (χ0) is 21.3. The summed E-state index contributed by atoms with van der Waals surface area (Å²) in [6.07, 6.45) is 7.36. The van der Waals surface area contributed by atoms with Gasteiger partial charge in [0, 0.05) is 42.8 Å². The van der Waals surface area contributed by atoms with E-state index in [1.165, 1.54) is 5.69 Å². The maximum atomic E-state index is 12.9. The lowest BCUT2D eigenvalue weighted by molar-refractivity contribution is 0.0930. The van der Waals surface area contributed by atoms with Crippen LogP contribution in [0.15, 0.2) is 36.7 Å². The molecule has 0 atom stereocenters. The SMILES string of the molecule is CCCCOc1c(OC)cc(C(=O)NC2CCN(c3ccncc3)CC2)cc1OC. The number of carbonyl (C=O) groups excluding carboxylic acids is 1. The van der Waals surface area contributed by atoms with Gasteiger partial charge in [0.15, 0.2) is 11.5 Å². The Morgan fingerprint density at radius 1 is 1.13 bits per heavy atom. The summed E-state index contributed by atoms with van der Waals surface area (Å²) in [5.41, 5.74) is 1.67. The van der Waals surface area contributed by atoms with Crippen LogP contribution in [0.2, 0.25) is 0 Å². The van der Waals surface area contributed by atoms with E-state index in [9.17, 15) is 4.79 Å². The van der Waals surface area contributed by atoms with Crippen molar-refractivity contribution in [2.45, 2.75) is 38.6 Å². The lowest BCUT2D eigenvalue weighted by Crippen LogP contribution is -2.44. The van der Waals surface area contributed by atoms with E-state index >= 15 is 0 Å². The van der Waals surface area contributed by atoms with Crippen molar-refractivity contribution in [1.29, 1.82) is 0 Å². The molecule has 0 saturated carbocycles. The number of carbonyl (C=O) groups is 1. The Labute approximate surface area is 178 Å². The number of aromatic nitrogens is 1. The third-order valence-corrected chi connectivity index (χ3v) is 5.33. The van der Waals surface area contributed by atoms with Crippen molar-refractivity contribution in [2.24, 2.45) is 0 Å². The first kappa shape index (κ1) is 21.7. The number of pyridine rings is 1. The quantitative estimate of drug-likeness (QED) is 0.633. The molecule has 2 heterocycles. The van der Waals surface area contributed by atoms with Crippen molar-refractivity contribution in [3.63, 3.8) is 0 Å². The van der Waals surface area contributed by atoms with Crippen molar-refractivity contribution in [3.05, 3.63) is 42.2 Å². The van der Waals surface area contributed by atoms with Gasteiger partial charge in [-0.1, -0.05) is 13.3 Å². The van der Waals surface area contributed by atoms with Crippen LogP contribution in [0.5, 0.6) is 17.2 Å².